The van der Waals surface area contributed by atoms with Crippen molar-refractivity contribution in [3.63, 3.8) is 0 Å². The SMILES string of the molecule is CS(=O)(=O)CC(=O)Nc1c2c(nn1CCC1CC1)C[C@]1(CCOc3cc(OCC(F)(F)F)ccc31)NC2=O. The summed E-state index contributed by atoms with van der Waals surface area (Å²) in [5.74, 6) is -1.000. The monoisotopic (exact) mass is 556 g/mol. The second kappa shape index (κ2) is 9.47. The molecule has 1 aliphatic carbocycles. The molecular weight excluding hydrogens is 529 g/mol. The largest absolute Gasteiger partial charge is 0.493 e. The Morgan fingerprint density at radius 2 is 2.11 bits per heavy atom. The molecule has 1 atom stereocenters. The molecule has 10 nitrogen and oxygen atoms in total. The summed E-state index contributed by atoms with van der Waals surface area (Å²) in [5, 5.41) is 10.2. The van der Waals surface area contributed by atoms with E-state index >= 15 is 0 Å². The highest BCUT2D eigenvalue weighted by atomic mass is 32.2. The maximum atomic E-state index is 13.5. The quantitative estimate of drug-likeness (QED) is 0.512. The van der Waals surface area contributed by atoms with Crippen LogP contribution in [0.4, 0.5) is 19.0 Å². The Balaban J connectivity index is 1.46. The van der Waals surface area contributed by atoms with Crippen LogP contribution in [0.3, 0.4) is 0 Å². The van der Waals surface area contributed by atoms with E-state index in [0.717, 1.165) is 25.5 Å². The van der Waals surface area contributed by atoms with E-state index in [2.05, 4.69) is 15.7 Å². The summed E-state index contributed by atoms with van der Waals surface area (Å²) in [6.45, 7) is -0.791. The van der Waals surface area contributed by atoms with Crippen LogP contribution in [0.2, 0.25) is 0 Å². The van der Waals surface area contributed by atoms with Crippen molar-refractivity contribution in [1.29, 1.82) is 0 Å². The predicted octanol–water partition coefficient (Wildman–Crippen LogP) is 2.57. The van der Waals surface area contributed by atoms with Crippen molar-refractivity contribution in [2.75, 3.05) is 30.5 Å². The molecule has 1 fully saturated rings. The molecule has 0 saturated heterocycles. The number of aromatic nitrogens is 2. The van der Waals surface area contributed by atoms with Gasteiger partial charge in [-0.25, -0.2) is 13.1 Å². The number of nitrogens with zero attached hydrogens (tertiary/aromatic N) is 2. The molecule has 0 bridgehead atoms. The van der Waals surface area contributed by atoms with Gasteiger partial charge >= 0.3 is 6.18 Å². The molecule has 2 N–H and O–H groups in total. The number of halogens is 3. The van der Waals surface area contributed by atoms with E-state index in [4.69, 9.17) is 9.47 Å². The Kier molecular flexibility index (Phi) is 6.56. The summed E-state index contributed by atoms with van der Waals surface area (Å²) in [6, 6.07) is 4.34. The summed E-state index contributed by atoms with van der Waals surface area (Å²) in [7, 11) is -3.59. The number of fused-ring (bicyclic) bond motifs is 3. The zero-order valence-electron chi connectivity index (χ0n) is 20.6. The Morgan fingerprint density at radius 3 is 2.79 bits per heavy atom. The zero-order valence-corrected chi connectivity index (χ0v) is 21.4. The first-order valence-electron chi connectivity index (χ1n) is 12.2. The number of nitrogens with one attached hydrogen (secondary N) is 2. The number of ether oxygens (including phenoxy) is 2. The average Bonchev–Trinajstić information content (AvgIpc) is 3.56. The van der Waals surface area contributed by atoms with E-state index in [9.17, 15) is 31.2 Å². The topological polar surface area (TPSA) is 129 Å². The van der Waals surface area contributed by atoms with Crippen molar-refractivity contribution >= 4 is 27.5 Å². The lowest BCUT2D eigenvalue weighted by molar-refractivity contribution is -0.153. The van der Waals surface area contributed by atoms with Crippen molar-refractivity contribution in [1.82, 2.24) is 15.1 Å². The smallest absolute Gasteiger partial charge is 0.422 e. The summed E-state index contributed by atoms with van der Waals surface area (Å²) in [4.78, 5) is 25.9. The van der Waals surface area contributed by atoms with Crippen molar-refractivity contribution in [2.24, 2.45) is 5.92 Å². The molecule has 0 radical (unpaired) electrons. The Labute approximate surface area is 216 Å². The van der Waals surface area contributed by atoms with Crippen LogP contribution < -0.4 is 20.1 Å². The van der Waals surface area contributed by atoms with Gasteiger partial charge in [-0.2, -0.15) is 18.3 Å². The molecule has 0 unspecified atom stereocenters. The molecule has 206 valence electrons. The lowest BCUT2D eigenvalue weighted by Crippen LogP contribution is -2.53. The van der Waals surface area contributed by atoms with Crippen LogP contribution in [-0.4, -0.2) is 61.4 Å². The fourth-order valence-electron chi connectivity index (χ4n) is 4.95. The number of aryl methyl sites for hydroxylation is 1. The van der Waals surface area contributed by atoms with Crippen molar-refractivity contribution < 1.29 is 40.7 Å². The van der Waals surface area contributed by atoms with Gasteiger partial charge in [0, 0.05) is 37.3 Å². The maximum Gasteiger partial charge on any atom is 0.422 e. The van der Waals surface area contributed by atoms with Crippen molar-refractivity contribution in [3.8, 4) is 11.5 Å². The number of carbonyl (C=O) groups excluding carboxylic acids is 2. The van der Waals surface area contributed by atoms with Crippen LogP contribution in [0, 0.1) is 5.92 Å². The molecule has 1 spiro atoms. The molecule has 3 aliphatic rings. The van der Waals surface area contributed by atoms with E-state index in [1.807, 2.05) is 0 Å². The molecule has 1 aromatic heterocycles. The van der Waals surface area contributed by atoms with Gasteiger partial charge in [-0.05, 0) is 24.5 Å². The van der Waals surface area contributed by atoms with Gasteiger partial charge in [-0.3, -0.25) is 9.59 Å². The third kappa shape index (κ3) is 5.74. The van der Waals surface area contributed by atoms with E-state index < -0.39 is 45.7 Å². The highest BCUT2D eigenvalue weighted by Gasteiger charge is 2.46. The van der Waals surface area contributed by atoms with Gasteiger partial charge in [0.2, 0.25) is 5.91 Å². The third-order valence-corrected chi connectivity index (χ3v) is 7.62. The van der Waals surface area contributed by atoms with Crippen LogP contribution in [0.1, 0.15) is 47.3 Å². The summed E-state index contributed by atoms with van der Waals surface area (Å²) < 4.78 is 73.1. The third-order valence-electron chi connectivity index (χ3n) is 6.83. The highest BCUT2D eigenvalue weighted by Crippen LogP contribution is 2.44. The van der Waals surface area contributed by atoms with Crippen LogP contribution >= 0.6 is 0 Å². The number of hydrogen-bond donors (Lipinski definition) is 2. The van der Waals surface area contributed by atoms with Gasteiger partial charge in [-0.15, -0.1) is 0 Å². The fourth-order valence-corrected chi connectivity index (χ4v) is 5.49. The maximum absolute atomic E-state index is 13.5. The number of carbonyl (C=O) groups is 2. The lowest BCUT2D eigenvalue weighted by atomic mass is 9.77. The molecule has 38 heavy (non-hydrogen) atoms. The minimum absolute atomic E-state index is 0.0128. The van der Waals surface area contributed by atoms with Gasteiger partial charge in [0.05, 0.1) is 17.8 Å². The number of sulfone groups is 1. The first-order chi connectivity index (χ1) is 17.8. The Bertz CT molecular complexity index is 1390. The van der Waals surface area contributed by atoms with Crippen LogP contribution in [0.25, 0.3) is 0 Å². The molecule has 2 amide bonds. The average molecular weight is 557 g/mol. The van der Waals surface area contributed by atoms with Crippen molar-refractivity contribution in [2.45, 2.75) is 50.4 Å². The molecule has 2 aliphatic heterocycles. The van der Waals surface area contributed by atoms with E-state index in [1.54, 1.807) is 10.7 Å². The fraction of sp³-hybridized carbons (Fsp3) is 0.542. The molecule has 3 heterocycles. The summed E-state index contributed by atoms with van der Waals surface area (Å²) >= 11 is 0. The standard InChI is InChI=1S/C24H27F3N4O6S/c1-38(34,35)12-19(32)28-21-20-17(30-31(21)8-6-14-2-3-14)11-23(29-22(20)33)7-9-36-18-10-15(4-5-16(18)23)37-13-24(25,26)27/h4-5,10,14H,2-3,6-9,11-13H2,1H3,(H,28,32)(H,29,33)/t23-/m0/s1. The second-order valence-corrected chi connectivity index (χ2v) is 12.3. The van der Waals surface area contributed by atoms with Gasteiger partial charge in [-0.1, -0.05) is 12.8 Å². The minimum atomic E-state index is -4.49. The summed E-state index contributed by atoms with van der Waals surface area (Å²) in [5.41, 5.74) is 0.261. The number of rotatable bonds is 8. The first-order valence-corrected chi connectivity index (χ1v) is 14.2. The van der Waals surface area contributed by atoms with Gasteiger partial charge in [0.1, 0.15) is 28.6 Å². The van der Waals surface area contributed by atoms with Gasteiger partial charge in [0.15, 0.2) is 16.4 Å². The second-order valence-electron chi connectivity index (χ2n) is 10.1. The first kappa shape index (κ1) is 26.3. The number of benzene rings is 1. The van der Waals surface area contributed by atoms with Gasteiger partial charge in [0.25, 0.3) is 5.91 Å². The van der Waals surface area contributed by atoms with E-state index in [1.165, 1.54) is 12.1 Å². The minimum Gasteiger partial charge on any atom is -0.493 e. The summed E-state index contributed by atoms with van der Waals surface area (Å²) in [6.07, 6.45) is 0.109. The van der Waals surface area contributed by atoms with Gasteiger partial charge < -0.3 is 20.1 Å². The molecule has 1 aromatic carbocycles. The van der Waals surface area contributed by atoms with E-state index in [0.29, 0.717) is 35.9 Å². The van der Waals surface area contributed by atoms with Crippen molar-refractivity contribution in [3.05, 3.63) is 35.0 Å². The number of anilines is 1. The molecule has 5 rings (SSSR count). The Hall–Kier alpha value is -3.29. The lowest BCUT2D eigenvalue weighted by Gasteiger charge is -2.41. The van der Waals surface area contributed by atoms with Crippen LogP contribution in [-0.2, 0) is 33.1 Å². The highest BCUT2D eigenvalue weighted by molar-refractivity contribution is 7.91. The van der Waals surface area contributed by atoms with E-state index in [-0.39, 0.29) is 30.2 Å². The normalized spacial score (nSPS) is 20.8. The number of amides is 2. The predicted molar refractivity (Wildman–Crippen MR) is 129 cm³/mol. The van der Waals surface area contributed by atoms with Crippen LogP contribution in [0.15, 0.2) is 18.2 Å². The van der Waals surface area contributed by atoms with Crippen LogP contribution in [0.5, 0.6) is 11.5 Å². The number of alkyl halides is 3. The molecular formula is C24H27F3N4O6S. The molecule has 14 heteroatoms. The zero-order chi connectivity index (χ0) is 27.3. The molecule has 2 aromatic rings. The number of hydrogen-bond acceptors (Lipinski definition) is 7. The molecule has 1 saturated carbocycles. The Morgan fingerprint density at radius 1 is 1.34 bits per heavy atom.